The predicted octanol–water partition coefficient (Wildman–Crippen LogP) is 7.22. The van der Waals surface area contributed by atoms with Crippen molar-refractivity contribution in [1.29, 1.82) is 0 Å². The molecule has 0 unspecified atom stereocenters. The molecule has 0 spiro atoms. The third kappa shape index (κ3) is 5.22. The molecule has 0 amide bonds. The highest BCUT2D eigenvalue weighted by Crippen LogP contribution is 2.69. The molecule has 4 saturated carbocycles. The summed E-state index contributed by atoms with van der Waals surface area (Å²) < 4.78 is 36.4. The molecule has 42 heavy (non-hydrogen) atoms. The zero-order valence-electron chi connectivity index (χ0n) is 26.1. The second-order valence-corrected chi connectivity index (χ2v) is 17.2. The number of hydrogen-bond acceptors (Lipinski definition) is 6. The van der Waals surface area contributed by atoms with Crippen LogP contribution in [0.15, 0.2) is 23.1 Å². The predicted molar refractivity (Wildman–Crippen MR) is 163 cm³/mol. The monoisotopic (exact) mass is 600 g/mol. The number of aliphatic hydroxyl groups is 1. The van der Waals surface area contributed by atoms with Gasteiger partial charge in [0, 0.05) is 12.5 Å². The molecule has 0 bridgehead atoms. The van der Waals surface area contributed by atoms with Crippen molar-refractivity contribution in [1.82, 2.24) is 0 Å². The Morgan fingerprint density at radius 2 is 1.74 bits per heavy atom. The molecule has 1 N–H and O–H groups in total. The van der Waals surface area contributed by atoms with E-state index >= 15 is 0 Å². The molecule has 7 heteroatoms. The Balaban J connectivity index is 1.05. The van der Waals surface area contributed by atoms with Crippen molar-refractivity contribution in [2.45, 2.75) is 116 Å². The summed E-state index contributed by atoms with van der Waals surface area (Å²) in [6, 6.07) is 4.56. The highest BCUT2D eigenvalue weighted by molar-refractivity contribution is 7.92. The van der Waals surface area contributed by atoms with Gasteiger partial charge in [-0.25, -0.2) is 8.42 Å². The Bertz CT molecular complexity index is 1280. The van der Waals surface area contributed by atoms with E-state index in [-0.39, 0.29) is 23.6 Å². The lowest BCUT2D eigenvalue weighted by atomic mass is 9.42. The summed E-state index contributed by atoms with van der Waals surface area (Å²) in [5.74, 6) is 5.32. The number of carbonyl (C=O) groups is 1. The number of ketones is 1. The van der Waals surface area contributed by atoms with Crippen LogP contribution in [0.25, 0.3) is 0 Å². The first-order valence-electron chi connectivity index (χ1n) is 16.8. The lowest BCUT2D eigenvalue weighted by Crippen LogP contribution is -2.56. The minimum Gasteiger partial charge on any atom is -0.454 e. The van der Waals surface area contributed by atoms with Crippen molar-refractivity contribution in [3.8, 4) is 11.5 Å². The molecule has 4 fully saturated rings. The molecule has 4 aliphatic carbocycles. The van der Waals surface area contributed by atoms with Gasteiger partial charge in [-0.15, -0.1) is 0 Å². The molecule has 0 saturated heterocycles. The highest BCUT2D eigenvalue weighted by Gasteiger charge is 2.62. The first-order chi connectivity index (χ1) is 20.0. The van der Waals surface area contributed by atoms with E-state index in [1.165, 1.54) is 57.1 Å². The van der Waals surface area contributed by atoms with Crippen molar-refractivity contribution in [2.24, 2.45) is 52.3 Å². The van der Waals surface area contributed by atoms with Crippen LogP contribution in [0, 0.1) is 52.3 Å². The van der Waals surface area contributed by atoms with E-state index in [0.717, 1.165) is 49.4 Å². The van der Waals surface area contributed by atoms with Crippen molar-refractivity contribution in [2.75, 3.05) is 12.5 Å². The van der Waals surface area contributed by atoms with Gasteiger partial charge in [0.25, 0.3) is 0 Å². The third-order valence-electron chi connectivity index (χ3n) is 13.3. The van der Waals surface area contributed by atoms with Crippen LogP contribution in [-0.2, 0) is 14.6 Å². The quantitative estimate of drug-likeness (QED) is 0.322. The van der Waals surface area contributed by atoms with Gasteiger partial charge in [-0.1, -0.05) is 40.5 Å². The smallest absolute Gasteiger partial charge is 0.231 e. The fourth-order valence-corrected chi connectivity index (χ4v) is 12.5. The van der Waals surface area contributed by atoms with Crippen LogP contribution in [0.4, 0.5) is 0 Å². The van der Waals surface area contributed by atoms with Crippen molar-refractivity contribution >= 4 is 15.6 Å². The van der Waals surface area contributed by atoms with Crippen LogP contribution in [0.2, 0.25) is 0 Å². The van der Waals surface area contributed by atoms with Gasteiger partial charge < -0.3 is 14.6 Å². The summed E-state index contributed by atoms with van der Waals surface area (Å²) in [6.45, 7) is 10.0. The number of aliphatic hydroxyl groups excluding tert-OH is 1. The standard InChI is InChI=1S/C35H52O6S/c1-5-23-17-27-29-11-10-28(34(29,3)16-14-30(27)35(4)15-13-24(36)18-31(23)35)22(2)7-6-8-25(37)20-42(38,39)26-9-12-32-33(19-26)41-21-40-32/h9,12,19,22-24,27-31,36H,5-8,10-11,13-18,20-21H2,1-4H3/t22-,23+,24-,27+,28-,29+,30+,31+,34-,35-/m1/s1. The summed E-state index contributed by atoms with van der Waals surface area (Å²) >= 11 is 0. The number of ether oxygens (including phenoxy) is 2. The summed E-state index contributed by atoms with van der Waals surface area (Å²) in [6.07, 6.45) is 13.0. The lowest BCUT2D eigenvalue weighted by molar-refractivity contribution is -0.152. The molecule has 10 atom stereocenters. The minimum atomic E-state index is -3.71. The second-order valence-electron chi connectivity index (χ2n) is 15.2. The van der Waals surface area contributed by atoms with Gasteiger partial charge in [0.15, 0.2) is 21.3 Å². The molecule has 0 radical (unpaired) electrons. The van der Waals surface area contributed by atoms with Gasteiger partial charge in [0.1, 0.15) is 11.5 Å². The van der Waals surface area contributed by atoms with Gasteiger partial charge in [0.2, 0.25) is 6.79 Å². The summed E-state index contributed by atoms with van der Waals surface area (Å²) in [7, 11) is -3.71. The molecule has 1 heterocycles. The van der Waals surface area contributed by atoms with E-state index in [9.17, 15) is 18.3 Å². The topological polar surface area (TPSA) is 89.9 Å². The molecule has 1 aromatic carbocycles. The summed E-state index contributed by atoms with van der Waals surface area (Å²) in [5, 5.41) is 10.5. The number of Topliss-reactive ketones (excluding diaryl/α,β-unsaturated/α-hetero) is 1. The number of fused-ring (bicyclic) bond motifs is 6. The average molecular weight is 601 g/mol. The lowest BCUT2D eigenvalue weighted by Gasteiger charge is -2.63. The number of rotatable bonds is 9. The Morgan fingerprint density at radius 3 is 2.52 bits per heavy atom. The molecule has 1 aliphatic heterocycles. The molecule has 1 aromatic rings. The van der Waals surface area contributed by atoms with E-state index in [0.29, 0.717) is 46.5 Å². The fraction of sp³-hybridized carbons (Fsp3) is 0.800. The molecule has 5 aliphatic rings. The first-order valence-corrected chi connectivity index (χ1v) is 18.4. The van der Waals surface area contributed by atoms with E-state index in [4.69, 9.17) is 9.47 Å². The van der Waals surface area contributed by atoms with E-state index in [1.807, 2.05) is 0 Å². The van der Waals surface area contributed by atoms with Gasteiger partial charge in [-0.2, -0.15) is 0 Å². The Hall–Kier alpha value is -1.60. The largest absolute Gasteiger partial charge is 0.454 e. The van der Waals surface area contributed by atoms with Crippen LogP contribution in [-0.4, -0.2) is 38.0 Å². The van der Waals surface area contributed by atoms with Crippen LogP contribution in [0.3, 0.4) is 0 Å². The maximum Gasteiger partial charge on any atom is 0.231 e. The van der Waals surface area contributed by atoms with Crippen molar-refractivity contribution in [3.63, 3.8) is 0 Å². The van der Waals surface area contributed by atoms with Crippen LogP contribution >= 0.6 is 0 Å². The van der Waals surface area contributed by atoms with Gasteiger partial charge in [-0.05, 0) is 122 Å². The maximum absolute atomic E-state index is 12.9. The van der Waals surface area contributed by atoms with Crippen molar-refractivity contribution in [3.05, 3.63) is 18.2 Å². The van der Waals surface area contributed by atoms with Crippen molar-refractivity contribution < 1.29 is 27.8 Å². The molecule has 6 nitrogen and oxygen atoms in total. The minimum absolute atomic E-state index is 0.0854. The Kier molecular flexibility index (Phi) is 8.26. The fourth-order valence-electron chi connectivity index (χ4n) is 11.2. The normalized spacial score (nSPS) is 39.7. The van der Waals surface area contributed by atoms with Crippen LogP contribution in [0.1, 0.15) is 105 Å². The van der Waals surface area contributed by atoms with Crippen LogP contribution in [0.5, 0.6) is 11.5 Å². The number of hydrogen-bond donors (Lipinski definition) is 1. The Labute approximate surface area is 253 Å². The van der Waals surface area contributed by atoms with Gasteiger partial charge >= 0.3 is 0 Å². The van der Waals surface area contributed by atoms with E-state index in [1.54, 1.807) is 6.07 Å². The molecule has 6 rings (SSSR count). The number of benzene rings is 1. The van der Waals surface area contributed by atoms with E-state index < -0.39 is 15.6 Å². The highest BCUT2D eigenvalue weighted by atomic mass is 32.2. The summed E-state index contributed by atoms with van der Waals surface area (Å²) in [5.41, 5.74) is 0.748. The SMILES string of the molecule is CC[C@H]1C[C@@H]2[C@H](CC[C@]3(C)[C@@H]([C@H](C)CCCC(=O)CS(=O)(=O)c4ccc5c(c4)OCO5)CC[C@@H]23)[C@@]2(C)CC[C@@H](O)C[C@@H]12. The third-order valence-corrected chi connectivity index (χ3v) is 14.9. The average Bonchev–Trinajstić information content (AvgIpc) is 3.56. The van der Waals surface area contributed by atoms with Gasteiger partial charge in [-0.3, -0.25) is 4.79 Å². The molecular formula is C35H52O6S. The number of carbonyl (C=O) groups excluding carboxylic acids is 1. The Morgan fingerprint density at radius 1 is 1.00 bits per heavy atom. The molecule has 0 aromatic heterocycles. The second kappa shape index (κ2) is 11.4. The summed E-state index contributed by atoms with van der Waals surface area (Å²) in [4.78, 5) is 12.9. The number of sulfone groups is 1. The molecule has 234 valence electrons. The van der Waals surface area contributed by atoms with Crippen LogP contribution < -0.4 is 9.47 Å². The first kappa shape index (κ1) is 30.4. The zero-order valence-corrected chi connectivity index (χ0v) is 27.0. The molecular weight excluding hydrogens is 548 g/mol. The maximum atomic E-state index is 12.9. The zero-order chi connectivity index (χ0) is 29.9. The van der Waals surface area contributed by atoms with E-state index in [2.05, 4.69) is 27.7 Å². The van der Waals surface area contributed by atoms with Gasteiger partial charge in [0.05, 0.1) is 11.0 Å².